The van der Waals surface area contributed by atoms with Crippen molar-refractivity contribution in [1.29, 1.82) is 5.26 Å². The highest BCUT2D eigenvalue weighted by Crippen LogP contribution is 2.31. The van der Waals surface area contributed by atoms with E-state index in [9.17, 15) is 10.1 Å². The molecule has 28 heavy (non-hydrogen) atoms. The Morgan fingerprint density at radius 2 is 1.93 bits per heavy atom. The number of nitriles is 1. The summed E-state index contributed by atoms with van der Waals surface area (Å²) < 4.78 is 12.3. The SMILES string of the molecule is COC(=O)/C(C#N)=C/c1cn(-c2ccccc2)nc1-c1cc2ccccc2o1. The maximum absolute atomic E-state index is 11.8. The van der Waals surface area contributed by atoms with E-state index in [1.165, 1.54) is 13.2 Å². The van der Waals surface area contributed by atoms with Crippen LogP contribution in [0.4, 0.5) is 0 Å². The van der Waals surface area contributed by atoms with Gasteiger partial charge in [-0.3, -0.25) is 0 Å². The van der Waals surface area contributed by atoms with Crippen LogP contribution in [0.25, 0.3) is 34.2 Å². The molecule has 0 aliphatic carbocycles. The predicted octanol–water partition coefficient (Wildman–Crippen LogP) is 4.37. The van der Waals surface area contributed by atoms with E-state index in [0.717, 1.165) is 16.7 Å². The fourth-order valence-electron chi connectivity index (χ4n) is 2.90. The number of ether oxygens (including phenoxy) is 1. The Morgan fingerprint density at radius 3 is 2.64 bits per heavy atom. The molecule has 2 aromatic carbocycles. The summed E-state index contributed by atoms with van der Waals surface area (Å²) in [5, 5.41) is 14.9. The van der Waals surface area contributed by atoms with E-state index >= 15 is 0 Å². The van der Waals surface area contributed by atoms with Gasteiger partial charge in [0.1, 0.15) is 22.9 Å². The van der Waals surface area contributed by atoms with Gasteiger partial charge in [0.25, 0.3) is 0 Å². The van der Waals surface area contributed by atoms with Crippen molar-refractivity contribution in [3.8, 4) is 23.2 Å². The fourth-order valence-corrected chi connectivity index (χ4v) is 2.90. The van der Waals surface area contributed by atoms with E-state index in [0.29, 0.717) is 17.0 Å². The van der Waals surface area contributed by atoms with E-state index in [1.54, 1.807) is 10.9 Å². The third-order valence-corrected chi connectivity index (χ3v) is 4.25. The number of fused-ring (bicyclic) bond motifs is 1. The minimum absolute atomic E-state index is 0.118. The number of esters is 1. The summed E-state index contributed by atoms with van der Waals surface area (Å²) in [7, 11) is 1.24. The molecule has 0 radical (unpaired) electrons. The molecule has 0 aliphatic heterocycles. The van der Waals surface area contributed by atoms with E-state index in [-0.39, 0.29) is 5.57 Å². The van der Waals surface area contributed by atoms with Gasteiger partial charge in [0, 0.05) is 17.1 Å². The van der Waals surface area contributed by atoms with E-state index in [4.69, 9.17) is 4.42 Å². The van der Waals surface area contributed by atoms with Crippen LogP contribution in [0, 0.1) is 11.3 Å². The Labute approximate surface area is 160 Å². The van der Waals surface area contributed by atoms with E-state index in [1.807, 2.05) is 66.7 Å². The van der Waals surface area contributed by atoms with E-state index in [2.05, 4.69) is 9.84 Å². The lowest BCUT2D eigenvalue weighted by Crippen LogP contribution is -2.02. The molecule has 136 valence electrons. The van der Waals surface area contributed by atoms with Crippen molar-refractivity contribution in [1.82, 2.24) is 9.78 Å². The van der Waals surface area contributed by atoms with Gasteiger partial charge in [-0.2, -0.15) is 10.4 Å². The molecule has 0 unspecified atom stereocenters. The molecule has 2 heterocycles. The van der Waals surface area contributed by atoms with Gasteiger partial charge >= 0.3 is 5.97 Å². The van der Waals surface area contributed by atoms with Crippen LogP contribution in [0.2, 0.25) is 0 Å². The van der Waals surface area contributed by atoms with Crippen LogP contribution in [0.15, 0.2) is 76.9 Å². The predicted molar refractivity (Wildman–Crippen MR) is 104 cm³/mol. The van der Waals surface area contributed by atoms with Crippen molar-refractivity contribution in [2.24, 2.45) is 0 Å². The Morgan fingerprint density at radius 1 is 1.18 bits per heavy atom. The minimum Gasteiger partial charge on any atom is -0.465 e. The van der Waals surface area contributed by atoms with Crippen molar-refractivity contribution in [3.05, 3.63) is 78.0 Å². The fraction of sp³-hybridized carbons (Fsp3) is 0.0455. The molecule has 0 N–H and O–H groups in total. The Bertz CT molecular complexity index is 1190. The summed E-state index contributed by atoms with van der Waals surface area (Å²) in [5.74, 6) is -0.158. The number of hydrogen-bond donors (Lipinski definition) is 0. The largest absolute Gasteiger partial charge is 0.465 e. The van der Waals surface area contributed by atoms with Gasteiger partial charge in [0.2, 0.25) is 0 Å². The number of nitrogens with zero attached hydrogens (tertiary/aromatic N) is 3. The van der Waals surface area contributed by atoms with Crippen molar-refractivity contribution in [3.63, 3.8) is 0 Å². The highest BCUT2D eigenvalue weighted by Gasteiger charge is 2.18. The highest BCUT2D eigenvalue weighted by molar-refractivity contribution is 5.98. The van der Waals surface area contributed by atoms with Crippen LogP contribution in [0.3, 0.4) is 0 Å². The first-order valence-electron chi connectivity index (χ1n) is 8.54. The third kappa shape index (κ3) is 3.17. The molecule has 0 aliphatic rings. The average molecular weight is 369 g/mol. The zero-order valence-corrected chi connectivity index (χ0v) is 15.0. The molecule has 4 aromatic rings. The third-order valence-electron chi connectivity index (χ3n) is 4.25. The average Bonchev–Trinajstić information content (AvgIpc) is 3.36. The molecule has 2 aromatic heterocycles. The summed E-state index contributed by atoms with van der Waals surface area (Å²) in [4.78, 5) is 11.8. The maximum Gasteiger partial charge on any atom is 0.348 e. The lowest BCUT2D eigenvalue weighted by Gasteiger charge is -1.98. The second kappa shape index (κ2) is 7.25. The zero-order chi connectivity index (χ0) is 19.5. The number of rotatable bonds is 4. The molecule has 0 saturated heterocycles. The number of furan rings is 1. The molecular formula is C22H15N3O3. The molecule has 6 heteroatoms. The topological polar surface area (TPSA) is 81.0 Å². The number of benzene rings is 2. The second-order valence-electron chi connectivity index (χ2n) is 6.02. The van der Waals surface area contributed by atoms with Gasteiger partial charge in [-0.1, -0.05) is 36.4 Å². The molecule has 0 atom stereocenters. The highest BCUT2D eigenvalue weighted by atomic mass is 16.5. The zero-order valence-electron chi connectivity index (χ0n) is 15.0. The second-order valence-corrected chi connectivity index (χ2v) is 6.02. The van der Waals surface area contributed by atoms with Crippen LogP contribution < -0.4 is 0 Å². The number of methoxy groups -OCH3 is 1. The monoisotopic (exact) mass is 369 g/mol. The summed E-state index contributed by atoms with van der Waals surface area (Å²) in [6, 6.07) is 20.9. The lowest BCUT2D eigenvalue weighted by molar-refractivity contribution is -0.135. The quantitative estimate of drug-likeness (QED) is 0.303. The number of para-hydroxylation sites is 2. The maximum atomic E-state index is 11.8. The van der Waals surface area contributed by atoms with Gasteiger partial charge in [0.05, 0.1) is 12.8 Å². The normalized spacial score (nSPS) is 11.4. The molecule has 4 rings (SSSR count). The van der Waals surface area contributed by atoms with Crippen molar-refractivity contribution < 1.29 is 13.9 Å². The first-order chi connectivity index (χ1) is 13.7. The summed E-state index contributed by atoms with van der Waals surface area (Å²) in [6.45, 7) is 0. The Hall–Kier alpha value is -4.11. The molecule has 0 amide bonds. The molecule has 0 spiro atoms. The van der Waals surface area contributed by atoms with Crippen LogP contribution in [0.1, 0.15) is 5.56 Å². The van der Waals surface area contributed by atoms with Crippen molar-refractivity contribution in [2.75, 3.05) is 7.11 Å². The van der Waals surface area contributed by atoms with Crippen LogP contribution in [-0.2, 0) is 9.53 Å². The van der Waals surface area contributed by atoms with Crippen LogP contribution >= 0.6 is 0 Å². The Balaban J connectivity index is 1.90. The number of hydrogen-bond acceptors (Lipinski definition) is 5. The molecule has 0 saturated carbocycles. The van der Waals surface area contributed by atoms with Crippen LogP contribution in [0.5, 0.6) is 0 Å². The summed E-state index contributed by atoms with van der Waals surface area (Å²) >= 11 is 0. The Kier molecular flexibility index (Phi) is 4.48. The molecule has 6 nitrogen and oxygen atoms in total. The molecule has 0 fully saturated rings. The molecular weight excluding hydrogens is 354 g/mol. The summed E-state index contributed by atoms with van der Waals surface area (Å²) in [5.41, 5.74) is 2.56. The number of aromatic nitrogens is 2. The number of carbonyl (C=O) groups excluding carboxylic acids is 1. The van der Waals surface area contributed by atoms with Crippen molar-refractivity contribution >= 4 is 23.0 Å². The van der Waals surface area contributed by atoms with E-state index < -0.39 is 5.97 Å². The standard InChI is InChI=1S/C22H15N3O3/c1-27-22(26)16(13-23)11-17-14-25(18-8-3-2-4-9-18)24-21(17)20-12-15-7-5-6-10-19(15)28-20/h2-12,14H,1H3/b16-11+. The summed E-state index contributed by atoms with van der Waals surface area (Å²) in [6.07, 6.45) is 3.21. The molecule has 0 bridgehead atoms. The first kappa shape index (κ1) is 17.3. The first-order valence-corrected chi connectivity index (χ1v) is 8.54. The number of carbonyl (C=O) groups is 1. The van der Waals surface area contributed by atoms with Crippen molar-refractivity contribution in [2.45, 2.75) is 0 Å². The van der Waals surface area contributed by atoms with Gasteiger partial charge in [-0.25, -0.2) is 9.48 Å². The smallest absolute Gasteiger partial charge is 0.348 e. The lowest BCUT2D eigenvalue weighted by atomic mass is 10.1. The van der Waals surface area contributed by atoms with Gasteiger partial charge in [-0.15, -0.1) is 0 Å². The minimum atomic E-state index is -0.703. The van der Waals surface area contributed by atoms with Gasteiger partial charge in [0.15, 0.2) is 5.76 Å². The van der Waals surface area contributed by atoms with Gasteiger partial charge in [-0.05, 0) is 30.3 Å². The van der Waals surface area contributed by atoms with Gasteiger partial charge < -0.3 is 9.15 Å². The van der Waals surface area contributed by atoms with Crippen LogP contribution in [-0.4, -0.2) is 22.9 Å².